The average Bonchev–Trinajstić information content (AvgIpc) is 2.45. The molecule has 1 atom stereocenters. The third-order valence-corrected chi connectivity index (χ3v) is 3.45. The van der Waals surface area contributed by atoms with Gasteiger partial charge in [0.15, 0.2) is 17.6 Å². The maximum absolute atomic E-state index is 6.04. The van der Waals surface area contributed by atoms with E-state index in [4.69, 9.17) is 10.7 Å². The van der Waals surface area contributed by atoms with Gasteiger partial charge in [0, 0.05) is 6.54 Å². The first kappa shape index (κ1) is 16.3. The Kier molecular flexibility index (Phi) is 5.06. The van der Waals surface area contributed by atoms with Crippen LogP contribution in [0, 0.1) is 11.8 Å². The van der Waals surface area contributed by atoms with E-state index in [1.54, 1.807) is 0 Å². The summed E-state index contributed by atoms with van der Waals surface area (Å²) in [6, 6.07) is 10.2. The van der Waals surface area contributed by atoms with Gasteiger partial charge < -0.3 is 11.1 Å². The molecule has 0 spiro atoms. The second-order valence-electron chi connectivity index (χ2n) is 6.65. The van der Waals surface area contributed by atoms with E-state index in [2.05, 4.69) is 55.5 Å². The summed E-state index contributed by atoms with van der Waals surface area (Å²) in [6.45, 7) is 9.40. The molecule has 0 radical (unpaired) electrons. The molecule has 5 nitrogen and oxygen atoms in total. The molecule has 4 N–H and O–H groups in total. The molecule has 0 saturated heterocycles. The largest absolute Gasteiger partial charge is 0.370 e. The molecule has 1 aromatic carbocycles. The van der Waals surface area contributed by atoms with Gasteiger partial charge in [0.1, 0.15) is 0 Å². The van der Waals surface area contributed by atoms with Crippen LogP contribution in [0.15, 0.2) is 40.3 Å². The normalized spacial score (nSPS) is 23.4. The monoisotopic (exact) mass is 301 g/mol. The van der Waals surface area contributed by atoms with Gasteiger partial charge in [-0.15, -0.1) is 0 Å². The number of aliphatic imine (C=N–C) groups is 2. The zero-order valence-electron chi connectivity index (χ0n) is 13.9. The Hall–Kier alpha value is -2.04. The minimum absolute atomic E-state index is 0.408. The van der Waals surface area contributed by atoms with E-state index < -0.39 is 5.66 Å². The Morgan fingerprint density at radius 3 is 2.41 bits per heavy atom. The number of nitrogens with one attached hydrogen (secondary N) is 2. The molecule has 1 unspecified atom stereocenters. The molecule has 1 aliphatic rings. The number of guanidine groups is 2. The summed E-state index contributed by atoms with van der Waals surface area (Å²) < 4.78 is 0. The van der Waals surface area contributed by atoms with Crippen LogP contribution in [0.5, 0.6) is 0 Å². The van der Waals surface area contributed by atoms with Crippen molar-refractivity contribution in [3.8, 4) is 0 Å². The lowest BCUT2D eigenvalue weighted by Crippen LogP contribution is -2.59. The van der Waals surface area contributed by atoms with E-state index in [0.717, 1.165) is 18.5 Å². The topological polar surface area (TPSA) is 74.8 Å². The number of hydrogen-bond donors (Lipinski definition) is 3. The first-order valence-electron chi connectivity index (χ1n) is 7.92. The minimum Gasteiger partial charge on any atom is -0.370 e. The van der Waals surface area contributed by atoms with Crippen LogP contribution in [0.2, 0.25) is 0 Å². The molecule has 0 fully saturated rings. The van der Waals surface area contributed by atoms with Crippen molar-refractivity contribution in [2.75, 3.05) is 6.54 Å². The van der Waals surface area contributed by atoms with Crippen LogP contribution in [0.25, 0.3) is 0 Å². The van der Waals surface area contributed by atoms with Gasteiger partial charge in [-0.25, -0.2) is 4.99 Å². The molecule has 0 bridgehead atoms. The average molecular weight is 301 g/mol. The lowest BCUT2D eigenvalue weighted by atomic mass is 9.90. The van der Waals surface area contributed by atoms with E-state index >= 15 is 0 Å². The number of nitrogens with zero attached hydrogens (tertiary/aromatic N) is 2. The van der Waals surface area contributed by atoms with Gasteiger partial charge in [0.2, 0.25) is 0 Å². The van der Waals surface area contributed by atoms with Crippen molar-refractivity contribution < 1.29 is 0 Å². The molecule has 0 aliphatic carbocycles. The Labute approximate surface area is 133 Å². The van der Waals surface area contributed by atoms with Gasteiger partial charge in [-0.3, -0.25) is 10.3 Å². The van der Waals surface area contributed by atoms with Crippen LogP contribution in [-0.2, 0) is 5.66 Å². The fourth-order valence-electron chi connectivity index (χ4n) is 2.62. The fourth-order valence-corrected chi connectivity index (χ4v) is 2.62. The minimum atomic E-state index is -0.555. The highest BCUT2D eigenvalue weighted by Crippen LogP contribution is 2.31. The SMILES string of the molecule is CC(C)CN=C1NC(N)=NC(CC(C)C)(c2ccccc2)N1. The fraction of sp³-hybridized carbons (Fsp3) is 0.529. The highest BCUT2D eigenvalue weighted by molar-refractivity contribution is 6.00. The van der Waals surface area contributed by atoms with Gasteiger partial charge in [0.25, 0.3) is 0 Å². The van der Waals surface area contributed by atoms with Crippen molar-refractivity contribution in [2.45, 2.75) is 39.8 Å². The van der Waals surface area contributed by atoms with Crippen LogP contribution in [0.4, 0.5) is 0 Å². The lowest BCUT2D eigenvalue weighted by molar-refractivity contribution is 0.317. The maximum atomic E-state index is 6.04. The Morgan fingerprint density at radius 2 is 1.82 bits per heavy atom. The third-order valence-electron chi connectivity index (χ3n) is 3.45. The summed E-state index contributed by atoms with van der Waals surface area (Å²) in [7, 11) is 0. The van der Waals surface area contributed by atoms with E-state index in [0.29, 0.717) is 23.8 Å². The second kappa shape index (κ2) is 6.81. The predicted octanol–water partition coefficient (Wildman–Crippen LogP) is 2.41. The molecule has 1 heterocycles. The smallest absolute Gasteiger partial charge is 0.200 e. The van der Waals surface area contributed by atoms with Crippen LogP contribution in [0.3, 0.4) is 0 Å². The summed E-state index contributed by atoms with van der Waals surface area (Å²) in [5, 5.41) is 6.51. The van der Waals surface area contributed by atoms with Crippen molar-refractivity contribution in [1.29, 1.82) is 0 Å². The third kappa shape index (κ3) is 4.00. The van der Waals surface area contributed by atoms with Crippen molar-refractivity contribution >= 4 is 11.9 Å². The Balaban J connectivity index is 2.39. The van der Waals surface area contributed by atoms with Crippen molar-refractivity contribution in [3.05, 3.63) is 35.9 Å². The molecular formula is C17H27N5. The van der Waals surface area contributed by atoms with Gasteiger partial charge in [0.05, 0.1) is 0 Å². The van der Waals surface area contributed by atoms with Crippen molar-refractivity contribution in [2.24, 2.45) is 27.6 Å². The summed E-state index contributed by atoms with van der Waals surface area (Å²) in [4.78, 5) is 9.29. The van der Waals surface area contributed by atoms with Crippen LogP contribution < -0.4 is 16.4 Å². The first-order chi connectivity index (χ1) is 10.4. The predicted molar refractivity (Wildman–Crippen MR) is 92.6 cm³/mol. The van der Waals surface area contributed by atoms with Gasteiger partial charge in [-0.2, -0.15) is 0 Å². The van der Waals surface area contributed by atoms with E-state index in [-0.39, 0.29) is 0 Å². The van der Waals surface area contributed by atoms with Crippen molar-refractivity contribution in [3.63, 3.8) is 0 Å². The van der Waals surface area contributed by atoms with E-state index in [9.17, 15) is 0 Å². The molecule has 120 valence electrons. The van der Waals surface area contributed by atoms with Gasteiger partial charge in [-0.1, -0.05) is 58.0 Å². The van der Waals surface area contributed by atoms with Crippen LogP contribution in [-0.4, -0.2) is 18.5 Å². The van der Waals surface area contributed by atoms with Gasteiger partial charge in [-0.05, 0) is 23.8 Å². The summed E-state index contributed by atoms with van der Waals surface area (Å²) >= 11 is 0. The molecule has 0 saturated carbocycles. The van der Waals surface area contributed by atoms with Crippen LogP contribution >= 0.6 is 0 Å². The van der Waals surface area contributed by atoms with E-state index in [1.807, 2.05) is 18.2 Å². The second-order valence-corrected chi connectivity index (χ2v) is 6.65. The maximum Gasteiger partial charge on any atom is 0.200 e. The molecule has 1 aromatic rings. The number of rotatable bonds is 5. The molecule has 1 aliphatic heterocycles. The molecule has 0 amide bonds. The molecule has 0 aromatic heterocycles. The molecular weight excluding hydrogens is 274 g/mol. The Morgan fingerprint density at radius 1 is 1.14 bits per heavy atom. The number of benzene rings is 1. The van der Waals surface area contributed by atoms with Crippen molar-refractivity contribution in [1.82, 2.24) is 10.6 Å². The zero-order valence-corrected chi connectivity index (χ0v) is 13.9. The first-order valence-corrected chi connectivity index (χ1v) is 7.92. The quantitative estimate of drug-likeness (QED) is 0.782. The molecule has 5 heteroatoms. The van der Waals surface area contributed by atoms with Gasteiger partial charge >= 0.3 is 0 Å². The Bertz CT molecular complexity index is 547. The summed E-state index contributed by atoms with van der Waals surface area (Å²) in [5.41, 5.74) is 6.59. The standard InChI is InChI=1S/C17H27N5/c1-12(2)10-17(14-8-6-5-7-9-14)21-15(18)20-16(22-17)19-11-13(3)4/h5-9,12-13H,10-11H2,1-4H3,(H4,18,19,20,21,22). The molecule has 22 heavy (non-hydrogen) atoms. The number of nitrogens with two attached hydrogens (primary N) is 1. The summed E-state index contributed by atoms with van der Waals surface area (Å²) in [5.74, 6) is 2.07. The van der Waals surface area contributed by atoms with Crippen LogP contribution in [0.1, 0.15) is 39.7 Å². The van der Waals surface area contributed by atoms with E-state index in [1.165, 1.54) is 0 Å². The lowest BCUT2D eigenvalue weighted by Gasteiger charge is -2.38. The summed E-state index contributed by atoms with van der Waals surface area (Å²) in [6.07, 6.45) is 0.847. The zero-order chi connectivity index (χ0) is 16.2. The highest BCUT2D eigenvalue weighted by Gasteiger charge is 2.36. The number of hydrogen-bond acceptors (Lipinski definition) is 3. The molecule has 2 rings (SSSR count). The highest BCUT2D eigenvalue weighted by atomic mass is 15.4.